The molecule has 2 fully saturated rings. The maximum absolute atomic E-state index is 13.7. The Hall–Kier alpha value is -2.72. The molecule has 0 spiro atoms. The highest BCUT2D eigenvalue weighted by Crippen LogP contribution is 2.49. The van der Waals surface area contributed by atoms with Crippen molar-refractivity contribution in [2.75, 3.05) is 19.2 Å². The van der Waals surface area contributed by atoms with Crippen LogP contribution in [0.2, 0.25) is 0 Å². The van der Waals surface area contributed by atoms with Crippen molar-refractivity contribution in [2.45, 2.75) is 122 Å². The van der Waals surface area contributed by atoms with E-state index < -0.39 is 41.1 Å². The highest BCUT2D eigenvalue weighted by Gasteiger charge is 2.51. The van der Waals surface area contributed by atoms with E-state index in [0.717, 1.165) is 39.7 Å². The van der Waals surface area contributed by atoms with Crippen LogP contribution in [0.3, 0.4) is 0 Å². The van der Waals surface area contributed by atoms with Crippen molar-refractivity contribution in [1.29, 1.82) is 0 Å². The van der Waals surface area contributed by atoms with E-state index in [1.807, 2.05) is 74.5 Å². The van der Waals surface area contributed by atoms with E-state index in [9.17, 15) is 14.4 Å². The van der Waals surface area contributed by atoms with Crippen LogP contribution in [0, 0.1) is 35.0 Å². The Morgan fingerprint density at radius 3 is 2.11 bits per heavy atom. The van der Waals surface area contributed by atoms with Gasteiger partial charge in [0.05, 0.1) is 23.9 Å². The molecular weight excluding hydrogens is 769 g/mol. The number of carbonyl (C=O) groups excluding carboxylic acids is 3. The predicted molar refractivity (Wildman–Crippen MR) is 241 cm³/mol. The topological polar surface area (TPSA) is 78.9 Å². The van der Waals surface area contributed by atoms with Gasteiger partial charge in [0.1, 0.15) is 3.53 Å². The number of hydrogen-bond donors (Lipinski definition) is 0. The van der Waals surface area contributed by atoms with Gasteiger partial charge < -0.3 is 14.2 Å². The van der Waals surface area contributed by atoms with Gasteiger partial charge in [-0.15, -0.1) is 24.9 Å². The first-order chi connectivity index (χ1) is 27.6. The van der Waals surface area contributed by atoms with Crippen LogP contribution in [0.4, 0.5) is 0 Å². The second-order valence-electron chi connectivity index (χ2n) is 16.6. The van der Waals surface area contributed by atoms with Gasteiger partial charge in [-0.1, -0.05) is 162 Å². The summed E-state index contributed by atoms with van der Waals surface area (Å²) < 4.78 is 17.8. The summed E-state index contributed by atoms with van der Waals surface area (Å²) in [7, 11) is 0. The average molecular weight is 835 g/mol. The molecule has 1 aliphatic carbocycles. The first kappa shape index (κ1) is 47.0. The summed E-state index contributed by atoms with van der Waals surface area (Å²) in [4.78, 5) is 41.0. The highest BCUT2D eigenvalue weighted by molar-refractivity contribution is 8.47. The lowest BCUT2D eigenvalue weighted by Gasteiger charge is -2.32. The number of benzene rings is 2. The number of thiocarbonyl (C=S) groups is 1. The van der Waals surface area contributed by atoms with Gasteiger partial charge in [-0.25, -0.2) is 0 Å². The average Bonchev–Trinajstić information content (AvgIpc) is 3.75. The lowest BCUT2D eigenvalue weighted by Crippen LogP contribution is -2.34. The van der Waals surface area contributed by atoms with Gasteiger partial charge in [0.2, 0.25) is 0 Å². The fourth-order valence-corrected chi connectivity index (χ4v) is 11.3. The van der Waals surface area contributed by atoms with Crippen molar-refractivity contribution in [3.05, 3.63) is 97.1 Å². The van der Waals surface area contributed by atoms with E-state index in [4.69, 9.17) is 26.4 Å². The van der Waals surface area contributed by atoms with Crippen LogP contribution in [-0.4, -0.2) is 40.6 Å². The lowest BCUT2D eigenvalue weighted by molar-refractivity contribution is -0.169. The molecule has 2 aliphatic rings. The fourth-order valence-electron chi connectivity index (χ4n) is 8.44. The molecule has 1 saturated carbocycles. The summed E-state index contributed by atoms with van der Waals surface area (Å²) in [6.07, 6.45) is 19.5. The molecule has 1 heterocycles. The Morgan fingerprint density at radius 1 is 0.877 bits per heavy atom. The summed E-state index contributed by atoms with van der Waals surface area (Å²) in [5.74, 6) is -1.40. The number of allylic oxidation sites excluding steroid dienone is 2. The molecule has 1 saturated heterocycles. The number of ether oxygens (including phenoxy) is 3. The number of cyclic esters (lactones) is 2. The summed E-state index contributed by atoms with van der Waals surface area (Å²) >= 11 is 9.23. The molecule has 2 aromatic rings. The van der Waals surface area contributed by atoms with Crippen LogP contribution in [0.15, 0.2) is 86.0 Å². The van der Waals surface area contributed by atoms with Gasteiger partial charge in [0.15, 0.2) is 6.79 Å². The molecule has 312 valence electrons. The van der Waals surface area contributed by atoms with E-state index in [0.29, 0.717) is 30.8 Å². The fraction of sp³-hybridized carbons (Fsp3) is 0.583. The molecule has 6 nitrogen and oxygen atoms in total. The number of unbranched alkanes of at least 4 members (excludes halogenated alkanes) is 9. The van der Waals surface area contributed by atoms with Gasteiger partial charge in [-0.2, -0.15) is 0 Å². The van der Waals surface area contributed by atoms with Crippen LogP contribution >= 0.6 is 35.7 Å². The van der Waals surface area contributed by atoms with Crippen LogP contribution < -0.4 is 0 Å². The zero-order chi connectivity index (χ0) is 41.0. The molecule has 4 rings (SSSR count). The number of rotatable bonds is 26. The molecule has 0 N–H and O–H groups in total. The third kappa shape index (κ3) is 15.1. The van der Waals surface area contributed by atoms with Gasteiger partial charge in [0.25, 0.3) is 0 Å². The minimum absolute atomic E-state index is 0.154. The van der Waals surface area contributed by atoms with E-state index in [1.54, 1.807) is 23.5 Å². The normalized spacial score (nSPS) is 21.8. The molecule has 0 radical (unpaired) electrons. The second-order valence-corrected chi connectivity index (χ2v) is 20.1. The largest absolute Gasteiger partial charge is 0.438 e. The summed E-state index contributed by atoms with van der Waals surface area (Å²) in [5, 5.41) is -0.154. The molecule has 7 unspecified atom stereocenters. The number of esters is 3. The summed E-state index contributed by atoms with van der Waals surface area (Å²) in [5.41, 5.74) is 0.926. The Kier molecular flexibility index (Phi) is 20.6. The molecule has 0 amide bonds. The van der Waals surface area contributed by atoms with Crippen molar-refractivity contribution >= 4 is 57.2 Å². The van der Waals surface area contributed by atoms with Crippen LogP contribution in [0.1, 0.15) is 133 Å². The maximum atomic E-state index is 13.7. The standard InChI is InChI=1S/C48H66O6S3/c1-6-9-10-11-12-13-14-15-16-23-28-56-47(55)57-42(38-26-21-18-22-27-38)31-40-43(45(50)54-44(40)49)41(37-24-19-17-20-25-37)32-48(4,5)46(51)53-34-52-33-39-30-35(7-2)29-36(39)8-3/h7-8,17-22,24-27,35-36,39-43H,2-3,6,9-16,23,28-34H2,1,4-5H3. The Balaban J connectivity index is 1.39. The summed E-state index contributed by atoms with van der Waals surface area (Å²) in [6.45, 7) is 14.2. The minimum Gasteiger partial charge on any atom is -0.438 e. The molecule has 57 heavy (non-hydrogen) atoms. The monoisotopic (exact) mass is 834 g/mol. The van der Waals surface area contributed by atoms with Crippen molar-refractivity contribution in [1.82, 2.24) is 0 Å². The molecule has 9 heteroatoms. The third-order valence-corrected chi connectivity index (χ3v) is 14.7. The van der Waals surface area contributed by atoms with Crippen molar-refractivity contribution in [3.8, 4) is 0 Å². The Labute approximate surface area is 357 Å². The first-order valence-electron chi connectivity index (χ1n) is 21.3. The van der Waals surface area contributed by atoms with E-state index >= 15 is 0 Å². The van der Waals surface area contributed by atoms with Crippen LogP contribution in [-0.2, 0) is 28.6 Å². The molecular formula is C48H66O6S3. The van der Waals surface area contributed by atoms with Crippen molar-refractivity contribution in [3.63, 3.8) is 0 Å². The van der Waals surface area contributed by atoms with Gasteiger partial charge in [-0.05, 0) is 86.5 Å². The van der Waals surface area contributed by atoms with Crippen LogP contribution in [0.25, 0.3) is 0 Å². The number of thioether (sulfide) groups is 2. The maximum Gasteiger partial charge on any atom is 0.318 e. The predicted octanol–water partition coefficient (Wildman–Crippen LogP) is 12.8. The molecule has 2 aromatic carbocycles. The smallest absolute Gasteiger partial charge is 0.318 e. The lowest BCUT2D eigenvalue weighted by atomic mass is 9.70. The quantitative estimate of drug-likeness (QED) is 0.0230. The number of carbonyl (C=O) groups is 3. The zero-order valence-corrected chi connectivity index (χ0v) is 37.0. The zero-order valence-electron chi connectivity index (χ0n) is 34.6. The van der Waals surface area contributed by atoms with Crippen molar-refractivity contribution < 1.29 is 28.6 Å². The van der Waals surface area contributed by atoms with Gasteiger partial charge in [-0.3, -0.25) is 14.4 Å². The third-order valence-electron chi connectivity index (χ3n) is 11.8. The molecule has 7 atom stereocenters. The Bertz CT molecular complexity index is 1560. The van der Waals surface area contributed by atoms with Gasteiger partial charge >= 0.3 is 17.9 Å². The Morgan fingerprint density at radius 2 is 1.49 bits per heavy atom. The second kappa shape index (κ2) is 25.0. The molecule has 1 aliphatic heterocycles. The summed E-state index contributed by atoms with van der Waals surface area (Å²) in [6, 6.07) is 19.7. The van der Waals surface area contributed by atoms with Crippen molar-refractivity contribution in [2.24, 2.45) is 35.0 Å². The van der Waals surface area contributed by atoms with Crippen LogP contribution in [0.5, 0.6) is 0 Å². The number of hydrogen-bond acceptors (Lipinski definition) is 9. The highest BCUT2D eigenvalue weighted by atomic mass is 32.2. The van der Waals surface area contributed by atoms with E-state index in [-0.39, 0.29) is 18.5 Å². The van der Waals surface area contributed by atoms with E-state index in [1.165, 1.54) is 57.8 Å². The van der Waals surface area contributed by atoms with E-state index in [2.05, 4.69) is 32.2 Å². The molecule has 0 bridgehead atoms. The molecule has 0 aromatic heterocycles. The van der Waals surface area contributed by atoms with Gasteiger partial charge in [0, 0.05) is 5.25 Å². The SMILES string of the molecule is C=CC1CC(C=C)C(COCOC(=O)C(C)(C)CC(c2ccccc2)C2C(=O)OC(=O)C2CC(SC(=S)SCCCCCCCCCCCC)c2ccccc2)C1. The first-order valence-corrected chi connectivity index (χ1v) is 23.5. The minimum atomic E-state index is -0.994.